The Labute approximate surface area is 96.6 Å². The molecule has 0 aromatic heterocycles. The summed E-state index contributed by atoms with van der Waals surface area (Å²) in [5.41, 5.74) is 6.05. The molecule has 0 aliphatic heterocycles. The van der Waals surface area contributed by atoms with Crippen LogP contribution in [0.15, 0.2) is 36.4 Å². The first-order chi connectivity index (χ1) is 7.79. The highest BCUT2D eigenvalue weighted by molar-refractivity contribution is 5.91. The Balaban J connectivity index is 2.46. The molecule has 0 unspecified atom stereocenters. The first-order valence-electron chi connectivity index (χ1n) is 5.93. The van der Waals surface area contributed by atoms with Crippen molar-refractivity contribution in [3.63, 3.8) is 0 Å². The van der Waals surface area contributed by atoms with E-state index < -0.39 is 0 Å². The van der Waals surface area contributed by atoms with Gasteiger partial charge in [-0.3, -0.25) is 0 Å². The van der Waals surface area contributed by atoms with Crippen LogP contribution in [0.4, 0.5) is 0 Å². The van der Waals surface area contributed by atoms with Crippen molar-refractivity contribution < 1.29 is 0 Å². The normalized spacial score (nSPS) is 14.1. The molecular formula is C16H16. The molecule has 0 saturated carbocycles. The maximum atomic E-state index is 2.30. The number of rotatable bonds is 0. The smallest absolute Gasteiger partial charge is 0.00915 e. The Morgan fingerprint density at radius 1 is 0.750 bits per heavy atom. The van der Waals surface area contributed by atoms with E-state index >= 15 is 0 Å². The van der Waals surface area contributed by atoms with Gasteiger partial charge < -0.3 is 0 Å². The van der Waals surface area contributed by atoms with Gasteiger partial charge in [-0.15, -0.1) is 0 Å². The Bertz CT molecular complexity index is 536. The van der Waals surface area contributed by atoms with Crippen molar-refractivity contribution in [3.05, 3.63) is 58.7 Å². The molecule has 1 aliphatic rings. The number of hydrogen-bond acceptors (Lipinski definition) is 0. The maximum absolute atomic E-state index is 2.30. The molecule has 0 N–H and O–H groups in total. The molecule has 0 heteroatoms. The Kier molecular flexibility index (Phi) is 2.10. The molecule has 0 atom stereocenters. The molecule has 1 aliphatic carbocycles. The van der Waals surface area contributed by atoms with Crippen LogP contribution in [-0.2, 0) is 12.8 Å². The van der Waals surface area contributed by atoms with E-state index in [1.54, 1.807) is 11.1 Å². The van der Waals surface area contributed by atoms with E-state index in [4.69, 9.17) is 0 Å². The summed E-state index contributed by atoms with van der Waals surface area (Å²) in [5, 5.41) is 2.85. The van der Waals surface area contributed by atoms with Gasteiger partial charge in [0.25, 0.3) is 0 Å². The number of hydrogen-bond donors (Lipinski definition) is 0. The summed E-state index contributed by atoms with van der Waals surface area (Å²) in [6.45, 7) is 4.53. The summed E-state index contributed by atoms with van der Waals surface area (Å²) in [4.78, 5) is 0. The highest BCUT2D eigenvalue weighted by atomic mass is 14.2. The Hall–Kier alpha value is -1.56. The molecule has 0 heterocycles. The highest BCUT2D eigenvalue weighted by Crippen LogP contribution is 2.32. The average molecular weight is 208 g/mol. The van der Waals surface area contributed by atoms with Crippen LogP contribution in [0, 0.1) is 13.8 Å². The van der Waals surface area contributed by atoms with Gasteiger partial charge in [-0.1, -0.05) is 36.4 Å². The quantitative estimate of drug-likeness (QED) is 0.571. The van der Waals surface area contributed by atoms with Gasteiger partial charge in [0.15, 0.2) is 0 Å². The molecule has 0 fully saturated rings. The minimum absolute atomic E-state index is 1.10. The third-order valence-corrected chi connectivity index (χ3v) is 3.82. The first-order valence-corrected chi connectivity index (χ1v) is 5.93. The zero-order valence-corrected chi connectivity index (χ0v) is 9.88. The van der Waals surface area contributed by atoms with Gasteiger partial charge in [0, 0.05) is 0 Å². The lowest BCUT2D eigenvalue weighted by Crippen LogP contribution is -2.04. The van der Waals surface area contributed by atoms with Crippen molar-refractivity contribution in [1.29, 1.82) is 0 Å². The molecule has 80 valence electrons. The number of allylic oxidation sites excluding steroid dienone is 2. The highest BCUT2D eigenvalue weighted by Gasteiger charge is 2.14. The molecule has 0 nitrogen and oxygen atoms in total. The summed E-state index contributed by atoms with van der Waals surface area (Å²) < 4.78 is 0. The predicted octanol–water partition coefficient (Wildman–Crippen LogP) is 4.11. The molecule has 0 spiro atoms. The van der Waals surface area contributed by atoms with Crippen molar-refractivity contribution in [1.82, 2.24) is 0 Å². The van der Waals surface area contributed by atoms with Crippen LogP contribution < -0.4 is 0 Å². The Morgan fingerprint density at radius 3 is 1.62 bits per heavy atom. The fourth-order valence-electron chi connectivity index (χ4n) is 2.87. The zero-order valence-electron chi connectivity index (χ0n) is 9.88. The van der Waals surface area contributed by atoms with Gasteiger partial charge in [-0.2, -0.15) is 0 Å². The number of benzene rings is 2. The van der Waals surface area contributed by atoms with E-state index in [1.165, 1.54) is 21.9 Å². The number of fused-ring (bicyclic) bond motifs is 2. The van der Waals surface area contributed by atoms with Crippen LogP contribution in [-0.4, -0.2) is 0 Å². The fourth-order valence-corrected chi connectivity index (χ4v) is 2.87. The van der Waals surface area contributed by atoms with Gasteiger partial charge in [-0.05, 0) is 59.7 Å². The standard InChI is InChI=1S/C16H16/c1-11-13-7-3-5-9-15(13)12(2)16-10-6-4-8-14(11)16/h3-7,9H,8,10H2,1-2H3. The van der Waals surface area contributed by atoms with E-state index in [0.29, 0.717) is 0 Å². The van der Waals surface area contributed by atoms with Crippen molar-refractivity contribution >= 4 is 10.8 Å². The summed E-state index contributed by atoms with van der Waals surface area (Å²) in [6.07, 6.45) is 6.80. The van der Waals surface area contributed by atoms with Crippen molar-refractivity contribution in [2.24, 2.45) is 0 Å². The number of aryl methyl sites for hydroxylation is 2. The molecule has 0 saturated heterocycles. The minimum atomic E-state index is 1.10. The van der Waals surface area contributed by atoms with Crippen LogP contribution in [0.3, 0.4) is 0 Å². The van der Waals surface area contributed by atoms with Crippen molar-refractivity contribution in [2.75, 3.05) is 0 Å². The molecule has 2 aromatic carbocycles. The third kappa shape index (κ3) is 1.23. The van der Waals surface area contributed by atoms with Crippen LogP contribution in [0.2, 0.25) is 0 Å². The second-order valence-corrected chi connectivity index (χ2v) is 4.63. The van der Waals surface area contributed by atoms with E-state index in [0.717, 1.165) is 12.8 Å². The lowest BCUT2D eigenvalue weighted by atomic mass is 9.85. The summed E-state index contributed by atoms with van der Waals surface area (Å²) in [5.74, 6) is 0. The maximum Gasteiger partial charge on any atom is -0.00915 e. The third-order valence-electron chi connectivity index (χ3n) is 3.82. The van der Waals surface area contributed by atoms with Gasteiger partial charge in [-0.25, -0.2) is 0 Å². The lowest BCUT2D eigenvalue weighted by molar-refractivity contribution is 1.06. The molecular weight excluding hydrogens is 192 g/mol. The monoisotopic (exact) mass is 208 g/mol. The topological polar surface area (TPSA) is 0 Å². The van der Waals surface area contributed by atoms with E-state index in [-0.39, 0.29) is 0 Å². The van der Waals surface area contributed by atoms with Gasteiger partial charge in [0.2, 0.25) is 0 Å². The van der Waals surface area contributed by atoms with Crippen molar-refractivity contribution in [2.45, 2.75) is 26.7 Å². The second kappa shape index (κ2) is 3.48. The van der Waals surface area contributed by atoms with Gasteiger partial charge in [0.1, 0.15) is 0 Å². The van der Waals surface area contributed by atoms with Gasteiger partial charge >= 0.3 is 0 Å². The molecule has 3 rings (SSSR count). The Morgan fingerprint density at radius 2 is 1.19 bits per heavy atom. The molecule has 2 aromatic rings. The minimum Gasteiger partial charge on any atom is -0.0838 e. The van der Waals surface area contributed by atoms with E-state index in [9.17, 15) is 0 Å². The summed E-state index contributed by atoms with van der Waals surface area (Å²) in [6, 6.07) is 8.77. The van der Waals surface area contributed by atoms with E-state index in [2.05, 4.69) is 50.3 Å². The average Bonchev–Trinajstić information content (AvgIpc) is 2.36. The molecule has 0 radical (unpaired) electrons. The van der Waals surface area contributed by atoms with Gasteiger partial charge in [0.05, 0.1) is 0 Å². The largest absolute Gasteiger partial charge is 0.0838 e. The van der Waals surface area contributed by atoms with Crippen LogP contribution in [0.25, 0.3) is 10.8 Å². The molecule has 16 heavy (non-hydrogen) atoms. The lowest BCUT2D eigenvalue weighted by Gasteiger charge is -2.20. The first kappa shape index (κ1) is 9.65. The predicted molar refractivity (Wildman–Crippen MR) is 70.0 cm³/mol. The van der Waals surface area contributed by atoms with Crippen molar-refractivity contribution in [3.8, 4) is 0 Å². The van der Waals surface area contributed by atoms with Crippen LogP contribution >= 0.6 is 0 Å². The summed E-state index contributed by atoms with van der Waals surface area (Å²) in [7, 11) is 0. The fraction of sp³-hybridized carbons (Fsp3) is 0.250. The van der Waals surface area contributed by atoms with E-state index in [1.807, 2.05) is 0 Å². The van der Waals surface area contributed by atoms with Crippen LogP contribution in [0.1, 0.15) is 22.3 Å². The molecule has 0 bridgehead atoms. The molecule has 0 amide bonds. The summed E-state index contributed by atoms with van der Waals surface area (Å²) >= 11 is 0. The second-order valence-electron chi connectivity index (χ2n) is 4.63. The zero-order chi connectivity index (χ0) is 11.1. The SMILES string of the molecule is Cc1c2c(c(C)c3ccccc13)CC=CC2. The van der Waals surface area contributed by atoms with Crippen LogP contribution in [0.5, 0.6) is 0 Å².